The van der Waals surface area contributed by atoms with Crippen LogP contribution in [0.4, 0.5) is 0 Å². The minimum Gasteiger partial charge on any atom is -0.380 e. The van der Waals surface area contributed by atoms with Crippen molar-refractivity contribution in [3.63, 3.8) is 0 Å². The predicted molar refractivity (Wildman–Crippen MR) is 52.0 cm³/mol. The number of hydrogen-bond acceptors (Lipinski definition) is 4. The molecule has 0 atom stereocenters. The van der Waals surface area contributed by atoms with Crippen LogP contribution in [-0.4, -0.2) is 40.5 Å². The van der Waals surface area contributed by atoms with E-state index in [1.165, 1.54) is 0 Å². The molecule has 0 spiro atoms. The number of sulfonamides is 1. The maximum Gasteiger partial charge on any atom is 0.211 e. The lowest BCUT2D eigenvalue weighted by Gasteiger charge is -2.04. The third-order valence-corrected chi connectivity index (χ3v) is 2.83. The van der Waals surface area contributed by atoms with Crippen LogP contribution in [0.3, 0.4) is 0 Å². The van der Waals surface area contributed by atoms with E-state index in [-0.39, 0.29) is 5.75 Å². The Hall–Kier alpha value is -0.170. The molecule has 0 aromatic carbocycles. The Labute approximate surface area is 79.7 Å². The van der Waals surface area contributed by atoms with Gasteiger partial charge in [0.25, 0.3) is 0 Å². The summed E-state index contributed by atoms with van der Waals surface area (Å²) in [6, 6.07) is 0. The number of nitrogens with one attached hydrogen (secondary N) is 1. The average molecular weight is 210 g/mol. The second-order valence-corrected chi connectivity index (χ2v) is 4.65. The Morgan fingerprint density at radius 2 is 2.08 bits per heavy atom. The fraction of sp³-hybridized carbons (Fsp3) is 1.00. The minimum atomic E-state index is -3.04. The first kappa shape index (κ1) is 12.8. The zero-order valence-electron chi connectivity index (χ0n) is 7.95. The summed E-state index contributed by atoms with van der Waals surface area (Å²) in [4.78, 5) is 0. The fourth-order valence-corrected chi connectivity index (χ4v) is 1.35. The molecule has 5 nitrogen and oxygen atoms in total. The summed E-state index contributed by atoms with van der Waals surface area (Å²) in [7, 11) is -3.04. The molecule has 0 heterocycles. The summed E-state index contributed by atoms with van der Waals surface area (Å²) in [5, 5.41) is 0. The third kappa shape index (κ3) is 8.17. The van der Waals surface area contributed by atoms with Gasteiger partial charge in [-0.2, -0.15) is 0 Å². The van der Waals surface area contributed by atoms with Gasteiger partial charge in [0.1, 0.15) is 0 Å². The molecule has 0 rings (SSSR count). The molecule has 0 aliphatic carbocycles. The van der Waals surface area contributed by atoms with Crippen molar-refractivity contribution in [3.8, 4) is 0 Å². The second kappa shape index (κ2) is 7.25. The van der Waals surface area contributed by atoms with E-state index in [1.807, 2.05) is 0 Å². The molecule has 6 heteroatoms. The molecule has 0 fully saturated rings. The first-order valence-corrected chi connectivity index (χ1v) is 6.02. The highest BCUT2D eigenvalue weighted by atomic mass is 32.2. The zero-order valence-corrected chi connectivity index (χ0v) is 8.77. The van der Waals surface area contributed by atoms with Crippen LogP contribution in [0.5, 0.6) is 0 Å². The summed E-state index contributed by atoms with van der Waals surface area (Å²) in [6.45, 7) is 3.61. The summed E-state index contributed by atoms with van der Waals surface area (Å²) >= 11 is 0. The van der Waals surface area contributed by atoms with E-state index in [0.29, 0.717) is 32.7 Å². The van der Waals surface area contributed by atoms with E-state index in [2.05, 4.69) is 4.72 Å². The first-order valence-electron chi connectivity index (χ1n) is 4.37. The molecule has 0 radical (unpaired) electrons. The molecule has 0 aliphatic heterocycles. The van der Waals surface area contributed by atoms with Gasteiger partial charge in [0.15, 0.2) is 0 Å². The number of ether oxygens (including phenoxy) is 1. The van der Waals surface area contributed by atoms with Crippen molar-refractivity contribution in [2.75, 3.05) is 32.1 Å². The monoisotopic (exact) mass is 210 g/mol. The first-order chi connectivity index (χ1) is 6.12. The normalized spacial score (nSPS) is 11.8. The van der Waals surface area contributed by atoms with Crippen LogP contribution in [0.1, 0.15) is 13.3 Å². The van der Waals surface area contributed by atoms with E-state index in [9.17, 15) is 8.42 Å². The van der Waals surface area contributed by atoms with E-state index in [1.54, 1.807) is 6.92 Å². The number of rotatable bonds is 8. The van der Waals surface area contributed by atoms with Gasteiger partial charge in [0, 0.05) is 19.7 Å². The third-order valence-electron chi connectivity index (χ3n) is 1.43. The van der Waals surface area contributed by atoms with Gasteiger partial charge in [-0.15, -0.1) is 0 Å². The van der Waals surface area contributed by atoms with Crippen molar-refractivity contribution in [1.82, 2.24) is 4.72 Å². The Morgan fingerprint density at radius 3 is 2.62 bits per heavy atom. The number of nitrogens with two attached hydrogens (primary N) is 1. The van der Waals surface area contributed by atoms with Crippen LogP contribution < -0.4 is 10.5 Å². The van der Waals surface area contributed by atoms with Gasteiger partial charge < -0.3 is 10.5 Å². The molecule has 3 N–H and O–H groups in total. The molecule has 0 aromatic heterocycles. The van der Waals surface area contributed by atoms with Crippen LogP contribution in [0.25, 0.3) is 0 Å². The van der Waals surface area contributed by atoms with Gasteiger partial charge in [-0.3, -0.25) is 0 Å². The lowest BCUT2D eigenvalue weighted by Crippen LogP contribution is -2.27. The van der Waals surface area contributed by atoms with E-state index < -0.39 is 10.0 Å². The molecule has 0 bridgehead atoms. The van der Waals surface area contributed by atoms with Gasteiger partial charge in [0.05, 0.1) is 12.4 Å². The minimum absolute atomic E-state index is 0.122. The predicted octanol–water partition coefficient (Wildman–Crippen LogP) is -0.709. The van der Waals surface area contributed by atoms with Crippen LogP contribution in [0.15, 0.2) is 0 Å². The van der Waals surface area contributed by atoms with Crippen LogP contribution >= 0.6 is 0 Å². The molecule has 0 aromatic rings. The molecule has 0 unspecified atom stereocenters. The molecule has 0 saturated heterocycles. The highest BCUT2D eigenvalue weighted by Gasteiger charge is 2.03. The topological polar surface area (TPSA) is 81.4 Å². The molecular weight excluding hydrogens is 192 g/mol. The summed E-state index contributed by atoms with van der Waals surface area (Å²) in [5.41, 5.74) is 5.20. The Morgan fingerprint density at radius 1 is 1.38 bits per heavy atom. The quantitative estimate of drug-likeness (QED) is 0.519. The maximum absolute atomic E-state index is 10.9. The summed E-state index contributed by atoms with van der Waals surface area (Å²) in [6.07, 6.45) is 0.680. The molecular formula is C7H18N2O3S. The zero-order chi connectivity index (χ0) is 10.2. The fourth-order valence-electron chi connectivity index (χ4n) is 0.689. The molecule has 0 saturated carbocycles. The maximum atomic E-state index is 10.9. The SMILES string of the molecule is CCS(=O)(=O)NCCCOCCN. The average Bonchev–Trinajstić information content (AvgIpc) is 2.11. The Bertz CT molecular complexity index is 204. The van der Waals surface area contributed by atoms with E-state index in [0.717, 1.165) is 0 Å². The lowest BCUT2D eigenvalue weighted by atomic mass is 10.5. The van der Waals surface area contributed by atoms with Gasteiger partial charge in [-0.1, -0.05) is 0 Å². The van der Waals surface area contributed by atoms with Gasteiger partial charge in [-0.25, -0.2) is 13.1 Å². The van der Waals surface area contributed by atoms with E-state index in [4.69, 9.17) is 10.5 Å². The van der Waals surface area contributed by atoms with Crippen LogP contribution in [-0.2, 0) is 14.8 Å². The summed E-state index contributed by atoms with van der Waals surface area (Å²) in [5.74, 6) is 0.122. The van der Waals surface area contributed by atoms with Crippen molar-refractivity contribution in [3.05, 3.63) is 0 Å². The largest absolute Gasteiger partial charge is 0.380 e. The van der Waals surface area contributed by atoms with Crippen molar-refractivity contribution < 1.29 is 13.2 Å². The van der Waals surface area contributed by atoms with Crippen LogP contribution in [0, 0.1) is 0 Å². The van der Waals surface area contributed by atoms with Gasteiger partial charge >= 0.3 is 0 Å². The molecule has 13 heavy (non-hydrogen) atoms. The molecule has 0 aliphatic rings. The van der Waals surface area contributed by atoms with Crippen molar-refractivity contribution >= 4 is 10.0 Å². The van der Waals surface area contributed by atoms with Gasteiger partial charge in [-0.05, 0) is 13.3 Å². The highest BCUT2D eigenvalue weighted by molar-refractivity contribution is 7.89. The molecule has 0 amide bonds. The smallest absolute Gasteiger partial charge is 0.211 e. The highest BCUT2D eigenvalue weighted by Crippen LogP contribution is 1.85. The summed E-state index contributed by atoms with van der Waals surface area (Å²) < 4.78 is 29.4. The lowest BCUT2D eigenvalue weighted by molar-refractivity contribution is 0.140. The second-order valence-electron chi connectivity index (χ2n) is 2.55. The standard InChI is InChI=1S/C7H18N2O3S/c1-2-13(10,11)9-5-3-6-12-7-4-8/h9H,2-8H2,1H3. The Kier molecular flexibility index (Phi) is 7.16. The molecule has 80 valence electrons. The van der Waals surface area contributed by atoms with Crippen LogP contribution in [0.2, 0.25) is 0 Å². The van der Waals surface area contributed by atoms with Crippen molar-refractivity contribution in [1.29, 1.82) is 0 Å². The Balaban J connectivity index is 3.26. The van der Waals surface area contributed by atoms with Crippen molar-refractivity contribution in [2.24, 2.45) is 5.73 Å². The van der Waals surface area contributed by atoms with E-state index >= 15 is 0 Å². The van der Waals surface area contributed by atoms with Crippen molar-refractivity contribution in [2.45, 2.75) is 13.3 Å². The number of hydrogen-bond donors (Lipinski definition) is 2. The van der Waals surface area contributed by atoms with Gasteiger partial charge in [0.2, 0.25) is 10.0 Å².